The average molecular weight is 342 g/mol. The van der Waals surface area contributed by atoms with Crippen molar-refractivity contribution in [1.29, 1.82) is 0 Å². The fourth-order valence-electron chi connectivity index (χ4n) is 3.60. The van der Waals surface area contributed by atoms with E-state index in [2.05, 4.69) is 0 Å². The van der Waals surface area contributed by atoms with Crippen molar-refractivity contribution in [3.05, 3.63) is 34.9 Å². The minimum absolute atomic E-state index is 0.0731. The van der Waals surface area contributed by atoms with Gasteiger partial charge in [0.2, 0.25) is 0 Å². The van der Waals surface area contributed by atoms with Crippen molar-refractivity contribution in [2.45, 2.75) is 44.5 Å². The van der Waals surface area contributed by atoms with Crippen LogP contribution in [0.15, 0.2) is 18.2 Å². The van der Waals surface area contributed by atoms with E-state index in [9.17, 15) is 18.0 Å². The number of likely N-dealkylation sites (tertiary alicyclic amines) is 1. The van der Waals surface area contributed by atoms with Gasteiger partial charge in [0.15, 0.2) is 0 Å². The van der Waals surface area contributed by atoms with Crippen molar-refractivity contribution in [3.8, 4) is 0 Å². The van der Waals surface area contributed by atoms with Crippen LogP contribution in [0.4, 0.5) is 18.0 Å². The molecule has 1 aromatic carbocycles. The summed E-state index contributed by atoms with van der Waals surface area (Å²) < 4.78 is 44.3. The molecule has 132 valence electrons. The Morgan fingerprint density at radius 3 is 2.46 bits per heavy atom. The lowest BCUT2D eigenvalue weighted by atomic mass is 9.94. The van der Waals surface area contributed by atoms with Gasteiger partial charge in [-0.2, -0.15) is 13.2 Å². The number of hydrogen-bond acceptors (Lipinski definition) is 3. The van der Waals surface area contributed by atoms with Crippen molar-refractivity contribution in [1.82, 2.24) is 4.90 Å². The minimum atomic E-state index is -4.39. The topological polar surface area (TPSA) is 55.6 Å². The maximum absolute atomic E-state index is 13.0. The van der Waals surface area contributed by atoms with Crippen LogP contribution in [-0.2, 0) is 10.9 Å². The van der Waals surface area contributed by atoms with E-state index in [1.165, 1.54) is 12.1 Å². The number of carbonyl (C=O) groups excluding carboxylic acids is 1. The summed E-state index contributed by atoms with van der Waals surface area (Å²) in [6.07, 6.45) is -4.83. The Kier molecular flexibility index (Phi) is 3.82. The highest BCUT2D eigenvalue weighted by molar-refractivity contribution is 5.69. The summed E-state index contributed by atoms with van der Waals surface area (Å²) in [4.78, 5) is 13.8. The number of carbonyl (C=O) groups is 1. The molecular formula is C17H21F3N2O2. The van der Waals surface area contributed by atoms with Gasteiger partial charge in [0.05, 0.1) is 5.56 Å². The van der Waals surface area contributed by atoms with Gasteiger partial charge in [0.1, 0.15) is 5.60 Å². The summed E-state index contributed by atoms with van der Waals surface area (Å²) in [5.74, 6) is -0.249. The third-order valence-corrected chi connectivity index (χ3v) is 4.65. The summed E-state index contributed by atoms with van der Waals surface area (Å²) in [7, 11) is 0. The van der Waals surface area contributed by atoms with Gasteiger partial charge in [-0.15, -0.1) is 0 Å². The molecule has 3 atom stereocenters. The highest BCUT2D eigenvalue weighted by Gasteiger charge is 2.47. The van der Waals surface area contributed by atoms with E-state index in [1.54, 1.807) is 25.7 Å². The number of rotatable bonds is 0. The molecule has 1 unspecified atom stereocenters. The highest BCUT2D eigenvalue weighted by Crippen LogP contribution is 2.49. The third kappa shape index (κ3) is 2.97. The number of benzene rings is 1. The van der Waals surface area contributed by atoms with Gasteiger partial charge in [-0.25, -0.2) is 4.79 Å². The zero-order valence-electron chi connectivity index (χ0n) is 13.9. The van der Waals surface area contributed by atoms with Gasteiger partial charge < -0.3 is 15.4 Å². The molecule has 24 heavy (non-hydrogen) atoms. The minimum Gasteiger partial charge on any atom is -0.444 e. The lowest BCUT2D eigenvalue weighted by Gasteiger charge is -2.25. The van der Waals surface area contributed by atoms with Gasteiger partial charge in [-0.3, -0.25) is 0 Å². The number of amides is 1. The second-order valence-corrected chi connectivity index (χ2v) is 7.52. The summed E-state index contributed by atoms with van der Waals surface area (Å²) in [6.45, 7) is 6.06. The van der Waals surface area contributed by atoms with Gasteiger partial charge >= 0.3 is 12.3 Å². The molecule has 1 aliphatic heterocycles. The predicted octanol–water partition coefficient (Wildman–Crippen LogP) is 3.67. The van der Waals surface area contributed by atoms with Crippen LogP contribution in [-0.4, -0.2) is 29.7 Å². The smallest absolute Gasteiger partial charge is 0.416 e. The standard InChI is InChI=1S/C17H21F3N2O2/c1-16(2,3)24-15(23)22-7-12-11-6-9(17(18,19)20)4-5-10(11)14(21)13(12)8-22/h4-6,12-14H,7-8,21H2,1-3H3/t12-,13+,14?/m0/s1. The lowest BCUT2D eigenvalue weighted by Crippen LogP contribution is -2.36. The Hall–Kier alpha value is -1.76. The normalized spacial score (nSPS) is 26.3. The molecule has 1 saturated heterocycles. The predicted molar refractivity (Wildman–Crippen MR) is 82.4 cm³/mol. The van der Waals surface area contributed by atoms with Crippen LogP contribution in [0.2, 0.25) is 0 Å². The van der Waals surface area contributed by atoms with Gasteiger partial charge in [0.25, 0.3) is 0 Å². The van der Waals surface area contributed by atoms with Gasteiger partial charge in [0, 0.05) is 31.0 Å². The molecule has 0 aromatic heterocycles. The SMILES string of the molecule is CC(C)(C)OC(=O)N1C[C@H]2c3cc(C(F)(F)F)ccc3C(N)[C@@H]2C1. The van der Waals surface area contributed by atoms with E-state index < -0.39 is 23.4 Å². The van der Waals surface area contributed by atoms with Crippen LogP contribution >= 0.6 is 0 Å². The molecule has 7 heteroatoms. The fraction of sp³-hybridized carbons (Fsp3) is 0.588. The van der Waals surface area contributed by atoms with Crippen molar-refractivity contribution in [3.63, 3.8) is 0 Å². The lowest BCUT2D eigenvalue weighted by molar-refractivity contribution is -0.137. The fourth-order valence-corrected chi connectivity index (χ4v) is 3.60. The van der Waals surface area contributed by atoms with Crippen LogP contribution in [0.25, 0.3) is 0 Å². The van der Waals surface area contributed by atoms with E-state index in [-0.39, 0.29) is 17.9 Å². The maximum atomic E-state index is 13.0. The number of nitrogens with zero attached hydrogens (tertiary/aromatic N) is 1. The Bertz CT molecular complexity index is 667. The van der Waals surface area contributed by atoms with Crippen LogP contribution < -0.4 is 5.73 Å². The van der Waals surface area contributed by atoms with Crippen LogP contribution in [0.5, 0.6) is 0 Å². The van der Waals surface area contributed by atoms with E-state index in [1.807, 2.05) is 0 Å². The Morgan fingerprint density at radius 2 is 1.88 bits per heavy atom. The van der Waals surface area contributed by atoms with Crippen molar-refractivity contribution < 1.29 is 22.7 Å². The molecule has 4 nitrogen and oxygen atoms in total. The molecule has 3 rings (SSSR count). The summed E-state index contributed by atoms with van der Waals surface area (Å²) >= 11 is 0. The van der Waals surface area contributed by atoms with E-state index in [4.69, 9.17) is 10.5 Å². The van der Waals surface area contributed by atoms with Gasteiger partial charge in [-0.05, 0) is 44.0 Å². The second-order valence-electron chi connectivity index (χ2n) is 7.52. The molecule has 0 saturated carbocycles. The molecular weight excluding hydrogens is 321 g/mol. The van der Waals surface area contributed by atoms with Gasteiger partial charge in [-0.1, -0.05) is 6.07 Å². The molecule has 1 heterocycles. The zero-order chi connectivity index (χ0) is 17.9. The van der Waals surface area contributed by atoms with E-state index in [0.29, 0.717) is 18.7 Å². The first-order valence-electron chi connectivity index (χ1n) is 7.92. The van der Waals surface area contributed by atoms with E-state index >= 15 is 0 Å². The summed E-state index contributed by atoms with van der Waals surface area (Å²) in [5, 5.41) is 0. The van der Waals surface area contributed by atoms with E-state index in [0.717, 1.165) is 11.6 Å². The monoisotopic (exact) mass is 342 g/mol. The molecule has 1 aromatic rings. The zero-order valence-corrected chi connectivity index (χ0v) is 13.9. The summed E-state index contributed by atoms with van der Waals surface area (Å²) in [6, 6.07) is 3.36. The van der Waals surface area contributed by atoms with Crippen molar-refractivity contribution in [2.75, 3.05) is 13.1 Å². The number of fused-ring (bicyclic) bond motifs is 3. The number of alkyl halides is 3. The molecule has 2 aliphatic rings. The first-order valence-corrected chi connectivity index (χ1v) is 7.92. The van der Waals surface area contributed by atoms with Crippen LogP contribution in [0.1, 0.15) is 49.4 Å². The quantitative estimate of drug-likeness (QED) is 0.783. The number of hydrogen-bond donors (Lipinski definition) is 1. The number of halogens is 3. The molecule has 1 aliphatic carbocycles. The Balaban J connectivity index is 1.85. The average Bonchev–Trinajstić information content (AvgIpc) is 2.96. The first-order chi connectivity index (χ1) is 11.0. The van der Waals surface area contributed by atoms with Crippen molar-refractivity contribution >= 4 is 6.09 Å². The number of nitrogens with two attached hydrogens (primary N) is 1. The molecule has 2 N–H and O–H groups in total. The number of ether oxygens (including phenoxy) is 1. The third-order valence-electron chi connectivity index (χ3n) is 4.65. The first kappa shape index (κ1) is 17.1. The second kappa shape index (κ2) is 5.37. The molecule has 0 bridgehead atoms. The Morgan fingerprint density at radius 1 is 1.21 bits per heavy atom. The van der Waals surface area contributed by atoms with Crippen molar-refractivity contribution in [2.24, 2.45) is 11.7 Å². The molecule has 0 radical (unpaired) electrons. The largest absolute Gasteiger partial charge is 0.444 e. The Labute approximate surface area is 138 Å². The summed E-state index contributed by atoms with van der Waals surface area (Å²) in [5.41, 5.74) is 6.29. The maximum Gasteiger partial charge on any atom is 0.416 e. The highest BCUT2D eigenvalue weighted by atomic mass is 19.4. The molecule has 0 spiro atoms. The van der Waals surface area contributed by atoms with Crippen LogP contribution in [0, 0.1) is 5.92 Å². The molecule has 1 fully saturated rings. The van der Waals surface area contributed by atoms with Crippen LogP contribution in [0.3, 0.4) is 0 Å². The molecule has 1 amide bonds.